The van der Waals surface area contributed by atoms with E-state index in [1.807, 2.05) is 10.2 Å². The fourth-order valence-corrected chi connectivity index (χ4v) is 2.02. The molecule has 106 valence electrons. The number of nitrogens with zero attached hydrogens (tertiary/aromatic N) is 1. The zero-order valence-corrected chi connectivity index (χ0v) is 10.4. The molecule has 1 rings (SSSR count). The number of piperidine rings is 1. The Balaban J connectivity index is 2.34. The Hall–Kier alpha value is -0.820. The lowest BCUT2D eigenvalue weighted by Gasteiger charge is -2.31. The maximum absolute atomic E-state index is 12.0. The number of hydrogen-bond acceptors (Lipinski definition) is 3. The van der Waals surface area contributed by atoms with Crippen LogP contribution in [0.3, 0.4) is 0 Å². The van der Waals surface area contributed by atoms with Crippen LogP contribution < -0.4 is 5.32 Å². The summed E-state index contributed by atoms with van der Waals surface area (Å²) in [5.74, 6) is -0.854. The maximum Gasteiger partial charge on any atom is 0.405 e. The van der Waals surface area contributed by atoms with E-state index in [1.165, 1.54) is 0 Å². The number of rotatable bonds is 5. The molecule has 1 aliphatic heterocycles. The molecule has 1 N–H and O–H groups in total. The quantitative estimate of drug-likeness (QED) is 0.809. The fourth-order valence-electron chi connectivity index (χ4n) is 2.02. The van der Waals surface area contributed by atoms with Crippen LogP contribution in [0.25, 0.3) is 0 Å². The normalized spacial score (nSPS) is 21.9. The van der Waals surface area contributed by atoms with Gasteiger partial charge in [0.05, 0.1) is 12.5 Å². The molecule has 1 aliphatic rings. The summed E-state index contributed by atoms with van der Waals surface area (Å²) in [6, 6.07) is 0. The van der Waals surface area contributed by atoms with Crippen LogP contribution >= 0.6 is 0 Å². The minimum atomic E-state index is -4.35. The minimum Gasteiger partial charge on any atom is -0.383 e. The fraction of sp³-hybridized carbons (Fsp3) is 0.909. The van der Waals surface area contributed by atoms with E-state index in [2.05, 4.69) is 0 Å². The number of halogens is 3. The third-order valence-electron chi connectivity index (χ3n) is 2.95. The van der Waals surface area contributed by atoms with Gasteiger partial charge in [-0.1, -0.05) is 0 Å². The van der Waals surface area contributed by atoms with Crippen molar-refractivity contribution in [2.45, 2.75) is 19.0 Å². The van der Waals surface area contributed by atoms with Gasteiger partial charge in [0.2, 0.25) is 5.91 Å². The van der Waals surface area contributed by atoms with Gasteiger partial charge in [-0.3, -0.25) is 4.79 Å². The molecule has 0 spiro atoms. The number of ether oxygens (including phenoxy) is 1. The molecule has 0 aliphatic carbocycles. The van der Waals surface area contributed by atoms with Crippen molar-refractivity contribution in [1.29, 1.82) is 0 Å². The second-order valence-corrected chi connectivity index (χ2v) is 4.47. The summed E-state index contributed by atoms with van der Waals surface area (Å²) in [6.07, 6.45) is -2.87. The predicted octanol–water partition coefficient (Wildman–Crippen LogP) is 1.02. The molecule has 4 nitrogen and oxygen atoms in total. The molecule has 0 radical (unpaired) electrons. The van der Waals surface area contributed by atoms with Crippen LogP contribution in [-0.2, 0) is 9.53 Å². The number of nitrogens with one attached hydrogen (secondary N) is 1. The van der Waals surface area contributed by atoms with Crippen molar-refractivity contribution in [3.05, 3.63) is 0 Å². The Bertz CT molecular complexity index is 272. The third-order valence-corrected chi connectivity index (χ3v) is 2.95. The number of amides is 1. The van der Waals surface area contributed by atoms with Crippen LogP contribution in [-0.4, -0.2) is 56.9 Å². The van der Waals surface area contributed by atoms with E-state index in [-0.39, 0.29) is 5.92 Å². The minimum absolute atomic E-state index is 0.349. The summed E-state index contributed by atoms with van der Waals surface area (Å²) >= 11 is 0. The van der Waals surface area contributed by atoms with Gasteiger partial charge in [0.1, 0.15) is 6.54 Å². The second kappa shape index (κ2) is 6.94. The van der Waals surface area contributed by atoms with E-state index in [9.17, 15) is 18.0 Å². The molecular weight excluding hydrogens is 249 g/mol. The first-order valence-electron chi connectivity index (χ1n) is 5.98. The van der Waals surface area contributed by atoms with Crippen molar-refractivity contribution < 1.29 is 22.7 Å². The smallest absolute Gasteiger partial charge is 0.383 e. The lowest BCUT2D eigenvalue weighted by atomic mass is 9.97. The first-order chi connectivity index (χ1) is 8.42. The predicted molar refractivity (Wildman–Crippen MR) is 60.1 cm³/mol. The molecule has 1 amide bonds. The van der Waals surface area contributed by atoms with Gasteiger partial charge >= 0.3 is 6.18 Å². The van der Waals surface area contributed by atoms with Gasteiger partial charge in [-0.15, -0.1) is 0 Å². The Morgan fingerprint density at radius 2 is 2.22 bits per heavy atom. The Kier molecular flexibility index (Phi) is 5.87. The largest absolute Gasteiger partial charge is 0.405 e. The van der Waals surface area contributed by atoms with E-state index >= 15 is 0 Å². The molecule has 0 aromatic carbocycles. The summed E-state index contributed by atoms with van der Waals surface area (Å²) in [5, 5.41) is 1.95. The maximum atomic E-state index is 12.0. The van der Waals surface area contributed by atoms with Gasteiger partial charge in [-0.05, 0) is 19.4 Å². The molecule has 7 heteroatoms. The molecule has 1 heterocycles. The molecule has 1 unspecified atom stereocenters. The van der Waals surface area contributed by atoms with E-state index in [1.54, 1.807) is 7.11 Å². The van der Waals surface area contributed by atoms with Crippen molar-refractivity contribution in [3.63, 3.8) is 0 Å². The third kappa shape index (κ3) is 5.68. The molecule has 1 atom stereocenters. The van der Waals surface area contributed by atoms with Crippen LogP contribution in [0.15, 0.2) is 0 Å². The van der Waals surface area contributed by atoms with Gasteiger partial charge in [-0.2, -0.15) is 13.2 Å². The topological polar surface area (TPSA) is 41.6 Å². The summed E-state index contributed by atoms with van der Waals surface area (Å²) in [7, 11) is 1.59. The van der Waals surface area contributed by atoms with E-state index < -0.39 is 18.6 Å². The van der Waals surface area contributed by atoms with Gasteiger partial charge in [0, 0.05) is 20.2 Å². The molecule has 0 bridgehead atoms. The molecular formula is C11H19F3N2O2. The lowest BCUT2D eigenvalue weighted by Crippen LogP contribution is -2.45. The zero-order chi connectivity index (χ0) is 13.6. The van der Waals surface area contributed by atoms with Gasteiger partial charge < -0.3 is 15.0 Å². The van der Waals surface area contributed by atoms with Crippen LogP contribution in [0.1, 0.15) is 12.8 Å². The summed E-state index contributed by atoms with van der Waals surface area (Å²) in [4.78, 5) is 13.6. The molecule has 18 heavy (non-hydrogen) atoms. The highest BCUT2D eigenvalue weighted by Crippen LogP contribution is 2.17. The second-order valence-electron chi connectivity index (χ2n) is 4.47. The summed E-state index contributed by atoms with van der Waals surface area (Å²) < 4.78 is 40.9. The zero-order valence-electron chi connectivity index (χ0n) is 10.4. The first-order valence-corrected chi connectivity index (χ1v) is 5.98. The van der Waals surface area contributed by atoms with Crippen molar-refractivity contribution in [2.75, 3.05) is 39.9 Å². The van der Waals surface area contributed by atoms with Crippen molar-refractivity contribution in [1.82, 2.24) is 10.2 Å². The number of alkyl halides is 3. The Morgan fingerprint density at radius 3 is 2.83 bits per heavy atom. The van der Waals surface area contributed by atoms with Gasteiger partial charge in [0.25, 0.3) is 0 Å². The molecule has 0 aromatic heterocycles. The average molecular weight is 268 g/mol. The Labute approximate surface area is 104 Å². The first kappa shape index (κ1) is 15.2. The standard InChI is InChI=1S/C11H19F3N2O2/c1-18-6-5-16-4-2-3-9(7-16)10(17)15-8-11(12,13)14/h9H,2-8H2,1H3,(H,15,17). The van der Waals surface area contributed by atoms with Crippen molar-refractivity contribution >= 4 is 5.91 Å². The van der Waals surface area contributed by atoms with Crippen molar-refractivity contribution in [3.8, 4) is 0 Å². The van der Waals surface area contributed by atoms with Gasteiger partial charge in [-0.25, -0.2) is 0 Å². The SMILES string of the molecule is COCCN1CCCC(C(=O)NCC(F)(F)F)C1. The molecule has 0 aromatic rings. The highest BCUT2D eigenvalue weighted by Gasteiger charge is 2.31. The van der Waals surface area contributed by atoms with Crippen LogP contribution in [0.5, 0.6) is 0 Å². The number of hydrogen-bond donors (Lipinski definition) is 1. The average Bonchev–Trinajstić information content (AvgIpc) is 2.33. The van der Waals surface area contributed by atoms with E-state index in [4.69, 9.17) is 4.74 Å². The Morgan fingerprint density at radius 1 is 1.50 bits per heavy atom. The molecule has 1 saturated heterocycles. The summed E-state index contributed by atoms with van der Waals surface area (Å²) in [6.45, 7) is 1.40. The molecule has 1 fully saturated rings. The lowest BCUT2D eigenvalue weighted by molar-refractivity contribution is -0.141. The summed E-state index contributed by atoms with van der Waals surface area (Å²) in [5.41, 5.74) is 0. The molecule has 0 saturated carbocycles. The number of methoxy groups -OCH3 is 1. The highest BCUT2D eigenvalue weighted by atomic mass is 19.4. The van der Waals surface area contributed by atoms with Crippen LogP contribution in [0.2, 0.25) is 0 Å². The highest BCUT2D eigenvalue weighted by molar-refractivity contribution is 5.79. The van der Waals surface area contributed by atoms with Gasteiger partial charge in [0.15, 0.2) is 0 Å². The van der Waals surface area contributed by atoms with Crippen molar-refractivity contribution in [2.24, 2.45) is 5.92 Å². The number of likely N-dealkylation sites (tertiary alicyclic amines) is 1. The van der Waals surface area contributed by atoms with Crippen LogP contribution in [0, 0.1) is 5.92 Å². The number of carbonyl (C=O) groups excluding carboxylic acids is 1. The van der Waals surface area contributed by atoms with E-state index in [0.29, 0.717) is 26.1 Å². The van der Waals surface area contributed by atoms with E-state index in [0.717, 1.165) is 13.0 Å². The number of carbonyl (C=O) groups is 1. The monoisotopic (exact) mass is 268 g/mol. The van der Waals surface area contributed by atoms with Crippen LogP contribution in [0.4, 0.5) is 13.2 Å².